The first-order valence-corrected chi connectivity index (χ1v) is 9.05. The minimum Gasteiger partial charge on any atom is -0.444 e. The van der Waals surface area contributed by atoms with E-state index in [-0.39, 0.29) is 29.7 Å². The van der Waals surface area contributed by atoms with E-state index < -0.39 is 11.7 Å². The Hall–Kier alpha value is -2.11. The van der Waals surface area contributed by atoms with E-state index in [1.165, 1.54) is 12.1 Å². The second-order valence-corrected chi connectivity index (χ2v) is 8.19. The highest BCUT2D eigenvalue weighted by Gasteiger charge is 2.39. The fraction of sp³-hybridized carbons (Fsp3) is 0.600. The first-order chi connectivity index (χ1) is 12.0. The molecule has 6 heteroatoms. The second-order valence-electron chi connectivity index (χ2n) is 8.19. The monoisotopic (exact) mass is 364 g/mol. The molecule has 1 aliphatic rings. The number of rotatable bonds is 2. The topological polar surface area (TPSA) is 49.9 Å². The second kappa shape index (κ2) is 7.64. The predicted octanol–water partition coefficient (Wildman–Crippen LogP) is 3.99. The number of benzene rings is 1. The summed E-state index contributed by atoms with van der Waals surface area (Å²) in [6.07, 6.45) is -0.421. The molecule has 0 N–H and O–H groups in total. The van der Waals surface area contributed by atoms with Gasteiger partial charge in [0.2, 0.25) is 5.91 Å². The lowest BCUT2D eigenvalue weighted by Crippen LogP contribution is -2.58. The van der Waals surface area contributed by atoms with E-state index in [1.54, 1.807) is 21.9 Å². The molecule has 2 amide bonds. The van der Waals surface area contributed by atoms with Crippen LogP contribution in [0.25, 0.3) is 0 Å². The molecule has 1 aromatic carbocycles. The molecule has 2 rings (SSSR count). The summed E-state index contributed by atoms with van der Waals surface area (Å²) in [5, 5.41) is 0. The molecule has 1 fully saturated rings. The zero-order valence-electron chi connectivity index (χ0n) is 16.5. The molecule has 5 nitrogen and oxygen atoms in total. The molecule has 0 saturated carbocycles. The smallest absolute Gasteiger partial charge is 0.410 e. The van der Waals surface area contributed by atoms with E-state index in [9.17, 15) is 14.0 Å². The molecule has 0 radical (unpaired) electrons. The minimum absolute atomic E-state index is 0.0495. The van der Waals surface area contributed by atoms with Gasteiger partial charge >= 0.3 is 6.09 Å². The molecule has 1 saturated heterocycles. The highest BCUT2D eigenvalue weighted by Crippen LogP contribution is 2.30. The van der Waals surface area contributed by atoms with Gasteiger partial charge < -0.3 is 9.64 Å². The number of carbonyl (C=O) groups excluding carboxylic acids is 2. The summed E-state index contributed by atoms with van der Waals surface area (Å²) < 4.78 is 18.9. The van der Waals surface area contributed by atoms with Crippen molar-refractivity contribution in [1.29, 1.82) is 0 Å². The molecule has 1 aromatic rings. The van der Waals surface area contributed by atoms with Crippen molar-refractivity contribution in [3.63, 3.8) is 0 Å². The van der Waals surface area contributed by atoms with Crippen LogP contribution in [0.1, 0.15) is 53.1 Å². The van der Waals surface area contributed by atoms with Crippen molar-refractivity contribution in [2.24, 2.45) is 5.92 Å². The van der Waals surface area contributed by atoms with Crippen LogP contribution in [-0.2, 0) is 9.53 Å². The summed E-state index contributed by atoms with van der Waals surface area (Å²) in [7, 11) is 0. The third-order valence-electron chi connectivity index (χ3n) is 4.40. The Morgan fingerprint density at radius 1 is 1.12 bits per heavy atom. The number of halogens is 1. The lowest BCUT2D eigenvalue weighted by atomic mass is 9.98. The van der Waals surface area contributed by atoms with Crippen molar-refractivity contribution in [1.82, 2.24) is 9.80 Å². The third-order valence-corrected chi connectivity index (χ3v) is 4.40. The fourth-order valence-corrected chi connectivity index (χ4v) is 3.11. The van der Waals surface area contributed by atoms with E-state index in [0.29, 0.717) is 13.1 Å². The van der Waals surface area contributed by atoms with E-state index in [4.69, 9.17) is 4.74 Å². The van der Waals surface area contributed by atoms with E-state index >= 15 is 0 Å². The Morgan fingerprint density at radius 2 is 1.69 bits per heavy atom. The van der Waals surface area contributed by atoms with Gasteiger partial charge in [-0.25, -0.2) is 9.18 Å². The molecule has 26 heavy (non-hydrogen) atoms. The SMILES string of the molecule is CC(C)C(=O)N1C[C@H](c2ccc(F)cc2)N(C(=O)OC(C)(C)C)C[C@@H]1C. The van der Waals surface area contributed by atoms with Crippen molar-refractivity contribution in [3.8, 4) is 0 Å². The van der Waals surface area contributed by atoms with E-state index in [1.807, 2.05) is 41.5 Å². The largest absolute Gasteiger partial charge is 0.444 e. The van der Waals surface area contributed by atoms with Gasteiger partial charge in [0.1, 0.15) is 11.4 Å². The summed E-state index contributed by atoms with van der Waals surface area (Å²) in [4.78, 5) is 28.8. The summed E-state index contributed by atoms with van der Waals surface area (Å²) in [5.41, 5.74) is 0.171. The number of piperazine rings is 1. The first kappa shape index (κ1) is 20.2. The minimum atomic E-state index is -0.613. The molecule has 1 heterocycles. The maximum absolute atomic E-state index is 13.3. The lowest BCUT2D eigenvalue weighted by Gasteiger charge is -2.46. The quantitative estimate of drug-likeness (QED) is 0.797. The van der Waals surface area contributed by atoms with Crippen molar-refractivity contribution in [2.75, 3.05) is 13.1 Å². The highest BCUT2D eigenvalue weighted by molar-refractivity contribution is 5.79. The van der Waals surface area contributed by atoms with Crippen LogP contribution in [-0.4, -0.2) is 46.5 Å². The summed E-state index contributed by atoms with van der Waals surface area (Å²) in [6.45, 7) is 11.8. The number of carbonyl (C=O) groups is 2. The van der Waals surface area contributed by atoms with Gasteiger partial charge in [0.25, 0.3) is 0 Å². The average Bonchev–Trinajstić information content (AvgIpc) is 2.53. The van der Waals surface area contributed by atoms with Gasteiger partial charge in [-0.15, -0.1) is 0 Å². The maximum Gasteiger partial charge on any atom is 0.410 e. The average molecular weight is 364 g/mol. The number of nitrogens with zero attached hydrogens (tertiary/aromatic N) is 2. The molecule has 0 aliphatic carbocycles. The predicted molar refractivity (Wildman–Crippen MR) is 98.1 cm³/mol. The van der Waals surface area contributed by atoms with Crippen LogP contribution >= 0.6 is 0 Å². The molecule has 0 spiro atoms. The maximum atomic E-state index is 13.3. The van der Waals surface area contributed by atoms with E-state index in [2.05, 4.69) is 0 Å². The van der Waals surface area contributed by atoms with Gasteiger partial charge in [-0.3, -0.25) is 9.69 Å². The Labute approximate surface area is 155 Å². The van der Waals surface area contributed by atoms with Gasteiger partial charge in [0.15, 0.2) is 0 Å². The Balaban J connectivity index is 2.34. The molecular weight excluding hydrogens is 335 g/mol. The van der Waals surface area contributed by atoms with Gasteiger partial charge in [0.05, 0.1) is 6.04 Å². The van der Waals surface area contributed by atoms with Crippen LogP contribution in [0.4, 0.5) is 9.18 Å². The van der Waals surface area contributed by atoms with Crippen LogP contribution in [0.5, 0.6) is 0 Å². The van der Waals surface area contributed by atoms with Gasteiger partial charge in [0, 0.05) is 25.0 Å². The lowest BCUT2D eigenvalue weighted by molar-refractivity contribution is -0.140. The van der Waals surface area contributed by atoms with Crippen LogP contribution in [0.3, 0.4) is 0 Å². The zero-order chi connectivity index (χ0) is 19.6. The van der Waals surface area contributed by atoms with Crippen molar-refractivity contribution in [2.45, 2.75) is 59.2 Å². The standard InChI is InChI=1S/C20H29FN2O3/c1-13(2)18(24)22-12-17(15-7-9-16(21)10-8-15)23(11-14(22)3)19(25)26-20(4,5)6/h7-10,13-14,17H,11-12H2,1-6H3/t14-,17+/m0/s1. The summed E-state index contributed by atoms with van der Waals surface area (Å²) >= 11 is 0. The van der Waals surface area contributed by atoms with Crippen molar-refractivity contribution < 1.29 is 18.7 Å². The van der Waals surface area contributed by atoms with Gasteiger partial charge in [-0.1, -0.05) is 26.0 Å². The Bertz CT molecular complexity index is 652. The van der Waals surface area contributed by atoms with E-state index in [0.717, 1.165) is 5.56 Å². The fourth-order valence-electron chi connectivity index (χ4n) is 3.11. The van der Waals surface area contributed by atoms with Crippen LogP contribution in [0, 0.1) is 11.7 Å². The molecule has 0 aromatic heterocycles. The molecule has 144 valence electrons. The zero-order valence-corrected chi connectivity index (χ0v) is 16.5. The van der Waals surface area contributed by atoms with Gasteiger partial charge in [-0.2, -0.15) is 0 Å². The normalized spacial score (nSPS) is 21.1. The Kier molecular flexibility index (Phi) is 5.94. The number of hydrogen-bond acceptors (Lipinski definition) is 3. The van der Waals surface area contributed by atoms with Crippen molar-refractivity contribution in [3.05, 3.63) is 35.6 Å². The van der Waals surface area contributed by atoms with Crippen molar-refractivity contribution >= 4 is 12.0 Å². The number of ether oxygens (including phenoxy) is 1. The number of amides is 2. The van der Waals surface area contributed by atoms with Crippen LogP contribution < -0.4 is 0 Å². The Morgan fingerprint density at radius 3 is 2.19 bits per heavy atom. The summed E-state index contributed by atoms with van der Waals surface area (Å²) in [5.74, 6) is -0.412. The molecule has 1 aliphatic heterocycles. The molecular formula is C20H29FN2O3. The number of hydrogen-bond donors (Lipinski definition) is 0. The summed E-state index contributed by atoms with van der Waals surface area (Å²) in [6, 6.07) is 5.57. The van der Waals surface area contributed by atoms with Gasteiger partial charge in [-0.05, 0) is 45.4 Å². The molecule has 0 bridgehead atoms. The first-order valence-electron chi connectivity index (χ1n) is 9.05. The highest BCUT2D eigenvalue weighted by atomic mass is 19.1. The van der Waals surface area contributed by atoms with Crippen LogP contribution in [0.15, 0.2) is 24.3 Å². The molecule has 2 atom stereocenters. The third kappa shape index (κ3) is 4.74. The van der Waals surface area contributed by atoms with Crippen LogP contribution in [0.2, 0.25) is 0 Å². The molecule has 0 unspecified atom stereocenters.